The van der Waals surface area contributed by atoms with Crippen molar-refractivity contribution in [3.63, 3.8) is 0 Å². The van der Waals surface area contributed by atoms with Crippen LogP contribution in [-0.4, -0.2) is 0 Å². The summed E-state index contributed by atoms with van der Waals surface area (Å²) >= 11 is 0. The zero-order valence-electron chi connectivity index (χ0n) is 104. The summed E-state index contributed by atoms with van der Waals surface area (Å²) in [5.41, 5.74) is 0. The molecule has 0 spiro atoms. The second-order valence-corrected chi connectivity index (χ2v) is 35.5. The highest BCUT2D eigenvalue weighted by Crippen LogP contribution is 2.40. The minimum atomic E-state index is 1.16. The van der Waals surface area contributed by atoms with E-state index < -0.39 is 0 Å². The van der Waals surface area contributed by atoms with E-state index >= 15 is 0 Å². The van der Waals surface area contributed by atoms with Gasteiger partial charge in [0.05, 0.1) is 0 Å². The van der Waals surface area contributed by atoms with Gasteiger partial charge in [0.25, 0.3) is 0 Å². The highest BCUT2D eigenvalue weighted by molar-refractivity contribution is 5.82. The Morgan fingerprint density at radius 1 is 0.109 bits per heavy atom. The van der Waals surface area contributed by atoms with Gasteiger partial charge >= 0.3 is 0 Å². The maximum atomic E-state index is 2.12. The lowest BCUT2D eigenvalue weighted by Crippen LogP contribution is -2.22. The van der Waals surface area contributed by atoms with Crippen LogP contribution in [-0.2, 0) is 0 Å². The fourth-order valence-electron chi connectivity index (χ4n) is 11.2. The van der Waals surface area contributed by atoms with Crippen LogP contribution in [0.3, 0.4) is 0 Å². The van der Waals surface area contributed by atoms with Gasteiger partial charge in [-0.15, -0.1) is 0 Å². The molecule has 0 amide bonds. The Bertz CT molecular complexity index is 1840. The minimum absolute atomic E-state index is 1.16. The van der Waals surface area contributed by atoms with Crippen molar-refractivity contribution in [1.29, 1.82) is 0 Å². The molecule has 7 saturated carbocycles. The Hall–Kier alpha value is -5.20. The molecule has 0 heterocycles. The molecule has 7 aliphatic carbocycles. The van der Waals surface area contributed by atoms with Crippen LogP contribution in [0.15, 0.2) is 231 Å². The molecule has 7 aliphatic rings. The summed E-state index contributed by atoms with van der Waals surface area (Å²) in [6, 6.07) is 76.7. The quantitative estimate of drug-likeness (QED) is 0.142. The highest BCUT2D eigenvalue weighted by atomic mass is 14.3. The second-order valence-electron chi connectivity index (χ2n) is 35.5. The smallest absolute Gasteiger partial charge is 0.0184 e. The molecular weight excluding hydrogens is 1660 g/mol. The summed E-state index contributed by atoms with van der Waals surface area (Å²) in [6.07, 6.45) is 79.9. The van der Waals surface area contributed by atoms with Crippen LogP contribution in [0.2, 0.25) is 0 Å². The van der Waals surface area contributed by atoms with Gasteiger partial charge in [-0.2, -0.15) is 0 Å². The second kappa shape index (κ2) is 222. The van der Waals surface area contributed by atoms with E-state index in [2.05, 4.69) is 298 Å². The number of fused-ring (bicyclic) bond motifs is 2. The van der Waals surface area contributed by atoms with Gasteiger partial charge in [-0.25, -0.2) is 0 Å². The summed E-state index contributed by atoms with van der Waals surface area (Å²) in [5, 5.41) is 2.62. The SMILES string of the molecule is C1CCC2CCCCC2C1.C1CCCCC1.C1CCCCC1.C1CCCCC1.C1CCCCC1.C1CCCCC1.CC.CC.CCC.CCC.CCC.CCC.CCC.CCC.CCC.CCC.CCC.CCC.CCC.CCC.CCC.CCC.CCC.CCC.CCC.CCC.c1ccc2ccccc2c1.c1ccccc1.c1ccccc1.c1ccccc1.c1ccccc1.c1ccccc1. The van der Waals surface area contributed by atoms with Crippen LogP contribution in [0.5, 0.6) is 0 Å². The molecule has 0 bridgehead atoms. The summed E-state index contributed by atoms with van der Waals surface area (Å²) in [7, 11) is 0. The van der Waals surface area contributed by atoms with Crippen molar-refractivity contribution in [2.45, 2.75) is 637 Å². The standard InChI is InChI=1S/C10H18.C10H8.5C6H12.5C6H6.18C3H8.2C2H6/c2*1-2-6-10-8-4-3-7-9(10)5-1;10*1-2-4-6-5-3-1;18*1-3-2;2*1-2/h9-10H,1-8H2;1-8H;5*1-6H2;5*1-6H;18*3H2,1-2H3;2*1-2H3. The van der Waals surface area contributed by atoms with E-state index in [0.29, 0.717) is 0 Å². The van der Waals surface area contributed by atoms with Crippen LogP contribution in [0.25, 0.3) is 10.8 Å². The molecule has 0 aliphatic heterocycles. The van der Waals surface area contributed by atoms with Gasteiger partial charge in [0.15, 0.2) is 0 Å². The summed E-state index contributed by atoms with van der Waals surface area (Å²) in [5.74, 6) is 2.31. The third-order valence-corrected chi connectivity index (χ3v) is 16.0. The number of benzene rings is 7. The molecule has 0 aromatic heterocycles. The lowest BCUT2D eigenvalue weighted by Gasteiger charge is -2.35. The molecule has 824 valence electrons. The van der Waals surface area contributed by atoms with E-state index in [-0.39, 0.29) is 0 Å². The Morgan fingerprint density at radius 2 is 0.167 bits per heavy atom. The predicted octanol–water partition coefficient (Wildman–Crippen LogP) is 53.9. The van der Waals surface area contributed by atoms with Crippen LogP contribution in [0.1, 0.15) is 637 Å². The molecule has 0 nitrogen and oxygen atoms in total. The Balaban J connectivity index is -0.0000000681. The van der Waals surface area contributed by atoms with Crippen molar-refractivity contribution in [2.75, 3.05) is 0 Å². The molecular formula is C138H272. The van der Waals surface area contributed by atoms with Crippen LogP contribution >= 0.6 is 0 Å². The lowest BCUT2D eigenvalue weighted by molar-refractivity contribution is 0.171. The molecule has 0 heteroatoms. The largest absolute Gasteiger partial charge is 0.0683 e. The number of rotatable bonds is 0. The van der Waals surface area contributed by atoms with Gasteiger partial charge in [-0.1, -0.05) is 867 Å². The van der Waals surface area contributed by atoms with Crippen molar-refractivity contribution >= 4 is 10.8 Å². The first-order chi connectivity index (χ1) is 67.4. The van der Waals surface area contributed by atoms with Gasteiger partial charge in [0.2, 0.25) is 0 Å². The first-order valence-corrected chi connectivity index (χ1v) is 60.8. The van der Waals surface area contributed by atoms with Gasteiger partial charge in [0.1, 0.15) is 0 Å². The molecule has 0 atom stereocenters. The minimum Gasteiger partial charge on any atom is -0.0683 e. The van der Waals surface area contributed by atoms with E-state index in [4.69, 9.17) is 0 Å². The van der Waals surface area contributed by atoms with E-state index in [1.54, 1.807) is 25.7 Å². The number of hydrogen-bond acceptors (Lipinski definition) is 0. The predicted molar refractivity (Wildman–Crippen MR) is 669 cm³/mol. The monoisotopic (exact) mass is 1930 g/mol. The zero-order valence-corrected chi connectivity index (χ0v) is 104. The summed E-state index contributed by atoms with van der Waals surface area (Å²) in [6.45, 7) is 84.5. The molecule has 0 radical (unpaired) electrons. The lowest BCUT2D eigenvalue weighted by atomic mass is 9.71. The topological polar surface area (TPSA) is 0 Å². The van der Waals surface area contributed by atoms with E-state index in [9.17, 15) is 0 Å². The molecule has 0 saturated heterocycles. The zero-order chi connectivity index (χ0) is 109. The van der Waals surface area contributed by atoms with Crippen molar-refractivity contribution < 1.29 is 0 Å². The van der Waals surface area contributed by atoms with E-state index in [0.717, 1.165) is 11.8 Å². The van der Waals surface area contributed by atoms with Crippen LogP contribution < -0.4 is 0 Å². The third-order valence-electron chi connectivity index (χ3n) is 16.0. The summed E-state index contributed by atoms with van der Waals surface area (Å²) < 4.78 is 0. The van der Waals surface area contributed by atoms with Crippen molar-refractivity contribution in [3.05, 3.63) is 231 Å². The van der Waals surface area contributed by atoms with Gasteiger partial charge in [0, 0.05) is 0 Å². The Kier molecular flexibility index (Phi) is 281. The fourth-order valence-corrected chi connectivity index (χ4v) is 11.2. The Morgan fingerprint density at radius 3 is 0.225 bits per heavy atom. The normalized spacial score (nSPS) is 13.1. The van der Waals surface area contributed by atoms with E-state index in [1.165, 1.54) is 345 Å². The van der Waals surface area contributed by atoms with Gasteiger partial charge < -0.3 is 0 Å². The van der Waals surface area contributed by atoms with Crippen molar-refractivity contribution in [1.82, 2.24) is 0 Å². The maximum absolute atomic E-state index is 2.12. The van der Waals surface area contributed by atoms with Crippen LogP contribution in [0.4, 0.5) is 0 Å². The third kappa shape index (κ3) is 267. The number of hydrogen-bond donors (Lipinski definition) is 0. The molecule has 7 aromatic carbocycles. The summed E-state index contributed by atoms with van der Waals surface area (Å²) in [4.78, 5) is 0. The molecule has 7 fully saturated rings. The fraction of sp³-hybridized carbons (Fsp3) is 0.710. The maximum Gasteiger partial charge on any atom is -0.0184 e. The molecule has 138 heavy (non-hydrogen) atoms. The van der Waals surface area contributed by atoms with Gasteiger partial charge in [-0.3, -0.25) is 0 Å². The van der Waals surface area contributed by atoms with Crippen LogP contribution in [0, 0.1) is 11.8 Å². The average Bonchev–Trinajstić information content (AvgIpc) is 0.878. The van der Waals surface area contributed by atoms with Crippen molar-refractivity contribution in [3.8, 4) is 0 Å². The van der Waals surface area contributed by atoms with E-state index in [1.807, 2.05) is 210 Å². The highest BCUT2D eigenvalue weighted by Gasteiger charge is 2.27. The molecule has 7 aromatic rings. The first-order valence-electron chi connectivity index (χ1n) is 60.8. The molecule has 14 rings (SSSR count). The average molecular weight is 1930 g/mol. The first kappa shape index (κ1) is 175. The van der Waals surface area contributed by atoms with Crippen molar-refractivity contribution in [2.24, 2.45) is 11.8 Å². The molecule has 0 N–H and O–H groups in total. The van der Waals surface area contributed by atoms with Gasteiger partial charge in [-0.05, 0) is 22.6 Å². The Labute approximate surface area is 883 Å². The molecule has 0 unspecified atom stereocenters.